The number of nitrogens with two attached hydrogens (primary N) is 1. The average molecular weight is 611 g/mol. The Kier molecular flexibility index (Phi) is 6.64. The van der Waals surface area contributed by atoms with E-state index in [4.69, 9.17) is 10.5 Å². The zero-order valence-electron chi connectivity index (χ0n) is 24.2. The molecule has 10 nitrogen and oxygen atoms in total. The van der Waals surface area contributed by atoms with Gasteiger partial charge in [-0.1, -0.05) is 31.4 Å². The third-order valence-corrected chi connectivity index (χ3v) is 8.55. The number of ketones is 1. The first-order chi connectivity index (χ1) is 21.6. The first-order valence-electron chi connectivity index (χ1n) is 14.6. The van der Waals surface area contributed by atoms with Gasteiger partial charge in [-0.3, -0.25) is 9.59 Å². The highest BCUT2D eigenvalue weighted by atomic mass is 19.1. The summed E-state index contributed by atoms with van der Waals surface area (Å²) in [6, 6.07) is 14.5. The summed E-state index contributed by atoms with van der Waals surface area (Å²) >= 11 is 0. The highest BCUT2D eigenvalue weighted by Crippen LogP contribution is 2.38. The molecule has 12 heteroatoms. The number of ether oxygens (including phenoxy) is 1. The monoisotopic (exact) mass is 610 g/mol. The molecule has 0 radical (unpaired) electrons. The van der Waals surface area contributed by atoms with Gasteiger partial charge in [0.25, 0.3) is 5.91 Å². The van der Waals surface area contributed by atoms with Crippen LogP contribution in [0.5, 0.6) is 11.5 Å². The van der Waals surface area contributed by atoms with E-state index in [1.807, 2.05) is 0 Å². The van der Waals surface area contributed by atoms with Gasteiger partial charge in [0.05, 0.1) is 28.8 Å². The van der Waals surface area contributed by atoms with Gasteiger partial charge >= 0.3 is 6.03 Å². The van der Waals surface area contributed by atoms with Gasteiger partial charge in [0.15, 0.2) is 11.6 Å². The predicted octanol–water partition coefficient (Wildman–Crippen LogP) is 6.30. The van der Waals surface area contributed by atoms with Crippen LogP contribution in [0.1, 0.15) is 53.7 Å². The van der Waals surface area contributed by atoms with E-state index >= 15 is 4.39 Å². The highest BCUT2D eigenvalue weighted by molar-refractivity contribution is 6.24. The maximum Gasteiger partial charge on any atom is 0.329 e. The van der Waals surface area contributed by atoms with Crippen molar-refractivity contribution in [3.8, 4) is 17.2 Å². The Morgan fingerprint density at radius 2 is 1.76 bits per heavy atom. The van der Waals surface area contributed by atoms with Crippen LogP contribution in [0.25, 0.3) is 16.6 Å². The Hall–Kier alpha value is -5.52. The number of hydrogen-bond acceptors (Lipinski definition) is 6. The molecule has 4 N–H and O–H groups in total. The van der Waals surface area contributed by atoms with Gasteiger partial charge < -0.3 is 20.8 Å². The van der Waals surface area contributed by atoms with Crippen molar-refractivity contribution in [1.29, 1.82) is 0 Å². The average Bonchev–Trinajstić information content (AvgIpc) is 3.67. The molecule has 3 heterocycles. The molecule has 0 bridgehead atoms. The number of fused-ring (bicyclic) bond motifs is 1. The number of aromatic amines is 1. The first kappa shape index (κ1) is 28.3. The van der Waals surface area contributed by atoms with Crippen LogP contribution in [-0.4, -0.2) is 38.0 Å². The Morgan fingerprint density at radius 3 is 2.51 bits per heavy atom. The topological polar surface area (TPSA) is 135 Å². The van der Waals surface area contributed by atoms with E-state index in [1.54, 1.807) is 37.3 Å². The summed E-state index contributed by atoms with van der Waals surface area (Å²) in [6.07, 6.45) is 4.95. The summed E-state index contributed by atoms with van der Waals surface area (Å²) < 4.78 is 36.4. The second-order valence-corrected chi connectivity index (χ2v) is 11.5. The van der Waals surface area contributed by atoms with Crippen LogP contribution >= 0.6 is 0 Å². The van der Waals surface area contributed by atoms with E-state index in [9.17, 15) is 18.8 Å². The summed E-state index contributed by atoms with van der Waals surface area (Å²) in [5, 5.41) is 7.49. The minimum Gasteiger partial charge on any atom is -0.454 e. The van der Waals surface area contributed by atoms with Crippen molar-refractivity contribution in [2.45, 2.75) is 44.6 Å². The highest BCUT2D eigenvalue weighted by Gasteiger charge is 2.52. The summed E-state index contributed by atoms with van der Waals surface area (Å²) in [6.45, 7) is 1.80. The van der Waals surface area contributed by atoms with Crippen LogP contribution < -0.4 is 20.7 Å². The number of carbonyl (C=O) groups excluding carboxylic acids is 3. The quantitative estimate of drug-likeness (QED) is 0.152. The van der Waals surface area contributed by atoms with Crippen molar-refractivity contribution in [1.82, 2.24) is 20.1 Å². The molecule has 2 fully saturated rings. The number of rotatable bonds is 6. The fraction of sp³-hybridized carbons (Fsp3) is 0.212. The molecule has 1 spiro atoms. The Balaban J connectivity index is 1.15. The second kappa shape index (κ2) is 10.6. The summed E-state index contributed by atoms with van der Waals surface area (Å²) in [5.41, 5.74) is 7.10. The van der Waals surface area contributed by atoms with Crippen LogP contribution in [0.15, 0.2) is 66.9 Å². The number of nitrogens with zero attached hydrogens (tertiary/aromatic N) is 3. The van der Waals surface area contributed by atoms with Crippen LogP contribution in [0.2, 0.25) is 0 Å². The van der Waals surface area contributed by atoms with Crippen LogP contribution in [-0.2, 0) is 4.79 Å². The molecule has 3 amide bonds. The molecular formula is C33H28F2N6O4. The number of para-hydroxylation sites is 1. The van der Waals surface area contributed by atoms with E-state index in [2.05, 4.69) is 15.4 Å². The van der Waals surface area contributed by atoms with Crippen LogP contribution in [0, 0.1) is 18.6 Å². The standard InChI is InChI=1S/C33H28F2N6O4/c1-18-13-20(45-28-8-4-3-7-22(28)34)9-10-26(18)41-30(36)21(17-37-41)29(42)25-15-19-14-23(35)27(16-24(19)38-25)40-31(43)33(39-32(40)44)11-5-2-6-12-33/h3-4,7-10,13-17,38H,2,5-6,11-12,36H2,1H3,(H,39,44). The number of carbonyl (C=O) groups is 3. The largest absolute Gasteiger partial charge is 0.454 e. The molecule has 3 aromatic carbocycles. The van der Waals surface area contributed by atoms with Gasteiger partial charge in [-0.2, -0.15) is 5.10 Å². The van der Waals surface area contributed by atoms with E-state index in [-0.39, 0.29) is 28.5 Å². The zero-order valence-corrected chi connectivity index (χ0v) is 24.2. The van der Waals surface area contributed by atoms with E-state index < -0.39 is 34.9 Å². The van der Waals surface area contributed by atoms with Crippen LogP contribution in [0.4, 0.5) is 25.1 Å². The molecule has 0 unspecified atom stereocenters. The number of aromatic nitrogens is 3. The molecule has 2 aliphatic rings. The van der Waals surface area contributed by atoms with Crippen molar-refractivity contribution in [2.75, 3.05) is 10.6 Å². The van der Waals surface area contributed by atoms with E-state index in [0.717, 1.165) is 24.2 Å². The lowest BCUT2D eigenvalue weighted by molar-refractivity contribution is -0.123. The number of nitrogens with one attached hydrogen (secondary N) is 2. The molecule has 228 valence electrons. The van der Waals surface area contributed by atoms with E-state index in [0.29, 0.717) is 40.7 Å². The van der Waals surface area contributed by atoms with Gasteiger partial charge in [0, 0.05) is 10.9 Å². The zero-order chi connectivity index (χ0) is 31.5. The molecular weight excluding hydrogens is 582 g/mol. The number of amides is 3. The third kappa shape index (κ3) is 4.69. The molecule has 1 saturated carbocycles. The number of benzene rings is 3. The fourth-order valence-electron chi connectivity index (χ4n) is 6.22. The summed E-state index contributed by atoms with van der Waals surface area (Å²) in [7, 11) is 0. The number of nitrogen functional groups attached to an aromatic ring is 1. The first-order valence-corrected chi connectivity index (χ1v) is 14.6. The molecule has 1 saturated heterocycles. The number of urea groups is 1. The van der Waals surface area contributed by atoms with Gasteiger partial charge in [-0.15, -0.1) is 0 Å². The smallest absolute Gasteiger partial charge is 0.329 e. The minimum absolute atomic E-state index is 0.0773. The lowest BCUT2D eigenvalue weighted by Gasteiger charge is -2.30. The summed E-state index contributed by atoms with van der Waals surface area (Å²) in [5.74, 6) is -1.62. The SMILES string of the molecule is Cc1cc(Oc2ccccc2F)ccc1-n1ncc(C(=O)c2cc3cc(F)c(N4C(=O)NC5(CCCCC5)C4=O)cc3[nH]2)c1N. The van der Waals surface area contributed by atoms with Gasteiger partial charge in [0.1, 0.15) is 22.9 Å². The van der Waals surface area contributed by atoms with Crippen molar-refractivity contribution in [2.24, 2.45) is 0 Å². The van der Waals surface area contributed by atoms with Crippen LogP contribution in [0.3, 0.4) is 0 Å². The molecule has 45 heavy (non-hydrogen) atoms. The van der Waals surface area contributed by atoms with E-state index in [1.165, 1.54) is 41.2 Å². The molecule has 1 aliphatic carbocycles. The third-order valence-electron chi connectivity index (χ3n) is 8.55. The molecule has 0 atom stereocenters. The van der Waals surface area contributed by atoms with Gasteiger partial charge in [0.2, 0.25) is 5.78 Å². The number of imide groups is 1. The maximum atomic E-state index is 15.3. The number of anilines is 2. The van der Waals surface area contributed by atoms with Crippen molar-refractivity contribution >= 4 is 40.1 Å². The molecule has 1 aliphatic heterocycles. The number of H-pyrrole nitrogens is 1. The lowest BCUT2D eigenvalue weighted by atomic mass is 9.81. The van der Waals surface area contributed by atoms with Gasteiger partial charge in [-0.25, -0.2) is 23.2 Å². The van der Waals surface area contributed by atoms with Gasteiger partial charge in [-0.05, 0) is 73.9 Å². The molecule has 5 aromatic rings. The molecule has 2 aromatic heterocycles. The predicted molar refractivity (Wildman–Crippen MR) is 163 cm³/mol. The van der Waals surface area contributed by atoms with Crippen molar-refractivity contribution < 1.29 is 27.9 Å². The second-order valence-electron chi connectivity index (χ2n) is 11.5. The van der Waals surface area contributed by atoms with Crippen molar-refractivity contribution in [3.05, 3.63) is 95.3 Å². The summed E-state index contributed by atoms with van der Waals surface area (Å²) in [4.78, 5) is 43.6. The molecule has 7 rings (SSSR count). The Labute approximate surface area is 255 Å². The Morgan fingerprint density at radius 1 is 0.978 bits per heavy atom. The minimum atomic E-state index is -1.00. The number of halogens is 2. The van der Waals surface area contributed by atoms with Crippen molar-refractivity contribution in [3.63, 3.8) is 0 Å². The normalized spacial score (nSPS) is 16.0. The maximum absolute atomic E-state index is 15.3. The number of hydrogen-bond donors (Lipinski definition) is 3. The lowest BCUT2D eigenvalue weighted by Crippen LogP contribution is -2.48. The fourth-order valence-corrected chi connectivity index (χ4v) is 6.22. The number of aryl methyl sites for hydroxylation is 1. The Bertz CT molecular complexity index is 2030.